The molecule has 0 aliphatic carbocycles. The number of aromatic nitrogens is 2. The highest BCUT2D eigenvalue weighted by Gasteiger charge is 2.31. The van der Waals surface area contributed by atoms with Crippen molar-refractivity contribution in [1.29, 1.82) is 0 Å². The Kier molecular flexibility index (Phi) is 5.03. The Hall–Kier alpha value is -3.61. The Labute approximate surface area is 168 Å². The van der Waals surface area contributed by atoms with E-state index in [4.69, 9.17) is 0 Å². The first-order valence-corrected chi connectivity index (χ1v) is 9.48. The summed E-state index contributed by atoms with van der Waals surface area (Å²) in [6.07, 6.45) is 3.56. The molecule has 0 saturated carbocycles. The number of benzene rings is 2. The highest BCUT2D eigenvalue weighted by Crippen LogP contribution is 2.33. The molecular weight excluding hydrogens is 368 g/mol. The van der Waals surface area contributed by atoms with Crippen LogP contribution in [0, 0.1) is 0 Å². The van der Waals surface area contributed by atoms with Gasteiger partial charge in [0.1, 0.15) is 6.04 Å². The van der Waals surface area contributed by atoms with E-state index in [1.165, 1.54) is 0 Å². The second-order valence-electron chi connectivity index (χ2n) is 7.18. The second-order valence-corrected chi connectivity index (χ2v) is 7.18. The average molecular weight is 390 g/mol. The Balaban J connectivity index is 1.62. The van der Waals surface area contributed by atoms with Gasteiger partial charge in [0.25, 0.3) is 0 Å². The minimum Gasteiger partial charge on any atom is -0.465 e. The standard InChI is InChI=1S/C22H22N4O3/c1-25-14-18(13-23-25)17-8-7-16-9-10-26(20(16)12-17)21(27)19(24-22(28)29)11-15-5-3-2-4-6-15/h2-8,12-14,19,24H,9-11H2,1H3,(H,28,29)/t19-/m0/s1. The van der Waals surface area contributed by atoms with Crippen molar-refractivity contribution in [1.82, 2.24) is 15.1 Å². The lowest BCUT2D eigenvalue weighted by molar-refractivity contribution is -0.120. The molecule has 148 valence electrons. The number of carboxylic acid groups (broad SMARTS) is 1. The third kappa shape index (κ3) is 3.99. The molecule has 0 radical (unpaired) electrons. The summed E-state index contributed by atoms with van der Waals surface area (Å²) >= 11 is 0. The summed E-state index contributed by atoms with van der Waals surface area (Å²) in [5.41, 5.74) is 4.77. The second kappa shape index (κ2) is 7.79. The van der Waals surface area contributed by atoms with E-state index in [-0.39, 0.29) is 5.91 Å². The number of fused-ring (bicyclic) bond motifs is 1. The smallest absolute Gasteiger partial charge is 0.405 e. The van der Waals surface area contributed by atoms with Gasteiger partial charge in [-0.15, -0.1) is 0 Å². The van der Waals surface area contributed by atoms with Gasteiger partial charge in [-0.3, -0.25) is 9.48 Å². The van der Waals surface area contributed by atoms with Gasteiger partial charge in [-0.2, -0.15) is 5.10 Å². The normalized spacial score (nSPS) is 13.8. The molecule has 4 rings (SSSR count). The number of amides is 2. The lowest BCUT2D eigenvalue weighted by Crippen LogP contribution is -2.49. The molecule has 2 amide bonds. The molecule has 1 aliphatic rings. The fourth-order valence-corrected chi connectivity index (χ4v) is 3.75. The van der Waals surface area contributed by atoms with E-state index in [1.807, 2.05) is 61.8 Å². The summed E-state index contributed by atoms with van der Waals surface area (Å²) in [6.45, 7) is 0.539. The van der Waals surface area contributed by atoms with E-state index in [2.05, 4.69) is 10.4 Å². The largest absolute Gasteiger partial charge is 0.465 e. The summed E-state index contributed by atoms with van der Waals surface area (Å²) in [4.78, 5) is 26.3. The van der Waals surface area contributed by atoms with Crippen LogP contribution in [-0.2, 0) is 24.7 Å². The molecule has 1 atom stereocenters. The molecule has 29 heavy (non-hydrogen) atoms. The minimum absolute atomic E-state index is 0.238. The van der Waals surface area contributed by atoms with Crippen molar-refractivity contribution >= 4 is 17.7 Å². The Morgan fingerprint density at radius 1 is 1.17 bits per heavy atom. The van der Waals surface area contributed by atoms with E-state index in [9.17, 15) is 14.7 Å². The van der Waals surface area contributed by atoms with Gasteiger partial charge in [0.15, 0.2) is 0 Å². The summed E-state index contributed by atoms with van der Waals surface area (Å²) in [5.74, 6) is -0.238. The molecule has 7 heteroatoms. The predicted molar refractivity (Wildman–Crippen MR) is 110 cm³/mol. The molecule has 0 unspecified atom stereocenters. The first-order valence-electron chi connectivity index (χ1n) is 9.48. The summed E-state index contributed by atoms with van der Waals surface area (Å²) in [6, 6.07) is 14.6. The van der Waals surface area contributed by atoms with Crippen LogP contribution < -0.4 is 10.2 Å². The molecule has 7 nitrogen and oxygen atoms in total. The first-order chi connectivity index (χ1) is 14.0. The Bertz CT molecular complexity index is 1050. The van der Waals surface area contributed by atoms with Gasteiger partial charge < -0.3 is 15.3 Å². The van der Waals surface area contributed by atoms with E-state index in [0.717, 1.165) is 34.4 Å². The zero-order valence-corrected chi connectivity index (χ0v) is 16.1. The van der Waals surface area contributed by atoms with Crippen LogP contribution in [0.25, 0.3) is 11.1 Å². The monoisotopic (exact) mass is 390 g/mol. The fraction of sp³-hybridized carbons (Fsp3) is 0.227. The van der Waals surface area contributed by atoms with Crippen molar-refractivity contribution in [3.8, 4) is 11.1 Å². The lowest BCUT2D eigenvalue weighted by atomic mass is 10.0. The quantitative estimate of drug-likeness (QED) is 0.701. The number of nitrogens with one attached hydrogen (secondary N) is 1. The number of aryl methyl sites for hydroxylation is 1. The van der Waals surface area contributed by atoms with Crippen molar-refractivity contribution in [2.24, 2.45) is 7.05 Å². The Morgan fingerprint density at radius 3 is 2.66 bits per heavy atom. The highest BCUT2D eigenvalue weighted by atomic mass is 16.4. The van der Waals surface area contributed by atoms with E-state index < -0.39 is 12.1 Å². The van der Waals surface area contributed by atoms with Gasteiger partial charge in [-0.1, -0.05) is 42.5 Å². The van der Waals surface area contributed by atoms with Gasteiger partial charge in [-0.05, 0) is 29.2 Å². The predicted octanol–water partition coefficient (Wildman–Crippen LogP) is 2.86. The molecule has 3 aromatic rings. The molecule has 1 aromatic heterocycles. The van der Waals surface area contributed by atoms with Crippen molar-refractivity contribution in [3.05, 3.63) is 72.1 Å². The lowest BCUT2D eigenvalue weighted by Gasteiger charge is -2.24. The van der Waals surface area contributed by atoms with Crippen LogP contribution in [0.1, 0.15) is 11.1 Å². The van der Waals surface area contributed by atoms with Crippen LogP contribution >= 0.6 is 0 Å². The number of hydrogen-bond acceptors (Lipinski definition) is 3. The number of carbonyl (C=O) groups is 2. The molecule has 0 saturated heterocycles. The van der Waals surface area contributed by atoms with Crippen molar-refractivity contribution < 1.29 is 14.7 Å². The maximum atomic E-state index is 13.3. The molecule has 2 heterocycles. The summed E-state index contributed by atoms with van der Waals surface area (Å²) in [5, 5.41) is 15.9. The van der Waals surface area contributed by atoms with Crippen LogP contribution in [0.5, 0.6) is 0 Å². The Morgan fingerprint density at radius 2 is 1.97 bits per heavy atom. The van der Waals surface area contributed by atoms with Crippen LogP contribution in [0.3, 0.4) is 0 Å². The van der Waals surface area contributed by atoms with Gasteiger partial charge in [0.2, 0.25) is 5.91 Å². The van der Waals surface area contributed by atoms with Crippen molar-refractivity contribution in [2.75, 3.05) is 11.4 Å². The summed E-state index contributed by atoms with van der Waals surface area (Å²) in [7, 11) is 1.86. The van der Waals surface area contributed by atoms with Gasteiger partial charge in [0.05, 0.1) is 6.20 Å². The van der Waals surface area contributed by atoms with E-state index >= 15 is 0 Å². The van der Waals surface area contributed by atoms with Crippen LogP contribution in [0.4, 0.5) is 10.5 Å². The molecule has 0 spiro atoms. The van der Waals surface area contributed by atoms with Crippen LogP contribution in [0.2, 0.25) is 0 Å². The van der Waals surface area contributed by atoms with Crippen LogP contribution in [-0.4, -0.2) is 39.5 Å². The molecule has 2 aromatic carbocycles. The zero-order chi connectivity index (χ0) is 20.4. The van der Waals surface area contributed by atoms with E-state index in [1.54, 1.807) is 15.8 Å². The number of nitrogens with zero attached hydrogens (tertiary/aromatic N) is 3. The van der Waals surface area contributed by atoms with Gasteiger partial charge >= 0.3 is 6.09 Å². The fourth-order valence-electron chi connectivity index (χ4n) is 3.75. The molecule has 0 fully saturated rings. The highest BCUT2D eigenvalue weighted by molar-refractivity contribution is 6.01. The van der Waals surface area contributed by atoms with Crippen LogP contribution in [0.15, 0.2) is 60.9 Å². The topological polar surface area (TPSA) is 87.5 Å². The average Bonchev–Trinajstić information content (AvgIpc) is 3.33. The van der Waals surface area contributed by atoms with Gasteiger partial charge in [0, 0.05) is 37.5 Å². The maximum absolute atomic E-state index is 13.3. The first kappa shape index (κ1) is 18.7. The van der Waals surface area contributed by atoms with Gasteiger partial charge in [-0.25, -0.2) is 4.79 Å². The number of carbonyl (C=O) groups excluding carboxylic acids is 1. The van der Waals surface area contributed by atoms with Crippen molar-refractivity contribution in [2.45, 2.75) is 18.9 Å². The summed E-state index contributed by atoms with van der Waals surface area (Å²) < 4.78 is 1.73. The number of rotatable bonds is 5. The zero-order valence-electron chi connectivity index (χ0n) is 16.1. The SMILES string of the molecule is Cn1cc(-c2ccc3c(c2)N(C(=O)[C@H](Cc2ccccc2)NC(=O)O)CC3)cn1. The minimum atomic E-state index is -1.21. The van der Waals surface area contributed by atoms with E-state index in [0.29, 0.717) is 13.0 Å². The molecule has 0 bridgehead atoms. The third-order valence-corrected chi connectivity index (χ3v) is 5.16. The molecule has 1 aliphatic heterocycles. The molecule has 2 N–H and O–H groups in total. The third-order valence-electron chi connectivity index (χ3n) is 5.16. The number of hydrogen-bond donors (Lipinski definition) is 2. The maximum Gasteiger partial charge on any atom is 0.405 e. The van der Waals surface area contributed by atoms with Crippen molar-refractivity contribution in [3.63, 3.8) is 0 Å². The molecular formula is C22H22N4O3. The number of anilines is 1.